The SMILES string of the molecule is C1CCC(CN2CCCSC3CCCCC32)CC1. The Morgan fingerprint density at radius 3 is 2.50 bits per heavy atom. The molecule has 0 N–H and O–H groups in total. The van der Waals surface area contributed by atoms with Gasteiger partial charge < -0.3 is 0 Å². The maximum Gasteiger partial charge on any atom is 0.0214 e. The highest BCUT2D eigenvalue weighted by atomic mass is 32.2. The van der Waals surface area contributed by atoms with Crippen LogP contribution in [0.2, 0.25) is 0 Å². The van der Waals surface area contributed by atoms with E-state index in [0.717, 1.165) is 17.2 Å². The van der Waals surface area contributed by atoms with Gasteiger partial charge in [0.05, 0.1) is 0 Å². The van der Waals surface area contributed by atoms with Gasteiger partial charge in [0, 0.05) is 17.8 Å². The van der Waals surface area contributed by atoms with Crippen LogP contribution in [0, 0.1) is 5.92 Å². The first-order valence-corrected chi connectivity index (χ1v) is 9.34. The lowest BCUT2D eigenvalue weighted by atomic mass is 9.87. The summed E-state index contributed by atoms with van der Waals surface area (Å²) >= 11 is 2.29. The Balaban J connectivity index is 1.60. The van der Waals surface area contributed by atoms with Crippen molar-refractivity contribution < 1.29 is 0 Å². The van der Waals surface area contributed by atoms with E-state index in [9.17, 15) is 0 Å². The van der Waals surface area contributed by atoms with Crippen LogP contribution in [0.1, 0.15) is 64.2 Å². The molecule has 0 aromatic carbocycles. The van der Waals surface area contributed by atoms with Gasteiger partial charge in [0.2, 0.25) is 0 Å². The molecule has 0 radical (unpaired) electrons. The molecular formula is C16H29NS. The van der Waals surface area contributed by atoms with E-state index in [-0.39, 0.29) is 0 Å². The fourth-order valence-corrected chi connectivity index (χ4v) is 5.75. The van der Waals surface area contributed by atoms with E-state index >= 15 is 0 Å². The van der Waals surface area contributed by atoms with Crippen LogP contribution in [0.25, 0.3) is 0 Å². The third-order valence-electron chi connectivity index (χ3n) is 5.28. The topological polar surface area (TPSA) is 3.24 Å². The highest BCUT2D eigenvalue weighted by Crippen LogP contribution is 2.36. The molecule has 2 heteroatoms. The van der Waals surface area contributed by atoms with Gasteiger partial charge in [-0.1, -0.05) is 32.1 Å². The van der Waals surface area contributed by atoms with Gasteiger partial charge in [-0.05, 0) is 50.3 Å². The fraction of sp³-hybridized carbons (Fsp3) is 1.00. The normalized spacial score (nSPS) is 36.0. The standard InChI is InChI=1S/C16H29NS/c1-2-7-14(8-3-1)13-17-11-6-12-18-16-10-5-4-9-15(16)17/h14-16H,1-13H2. The second-order valence-electron chi connectivity index (χ2n) is 6.61. The molecule has 0 aromatic rings. The lowest BCUT2D eigenvalue weighted by molar-refractivity contribution is 0.128. The molecule has 2 atom stereocenters. The van der Waals surface area contributed by atoms with Crippen molar-refractivity contribution in [3.8, 4) is 0 Å². The maximum absolute atomic E-state index is 2.92. The molecule has 0 bridgehead atoms. The third kappa shape index (κ3) is 3.25. The van der Waals surface area contributed by atoms with Crippen molar-refractivity contribution in [2.24, 2.45) is 5.92 Å². The molecule has 2 aliphatic carbocycles. The van der Waals surface area contributed by atoms with E-state index in [1.165, 1.54) is 83.1 Å². The van der Waals surface area contributed by atoms with Gasteiger partial charge in [-0.15, -0.1) is 0 Å². The molecule has 0 aromatic heterocycles. The van der Waals surface area contributed by atoms with E-state index < -0.39 is 0 Å². The smallest absolute Gasteiger partial charge is 0.0214 e. The fourth-order valence-electron chi connectivity index (χ4n) is 4.29. The molecule has 1 aliphatic heterocycles. The van der Waals surface area contributed by atoms with Crippen molar-refractivity contribution in [1.29, 1.82) is 0 Å². The molecule has 3 aliphatic rings. The zero-order valence-electron chi connectivity index (χ0n) is 11.8. The largest absolute Gasteiger partial charge is 0.299 e. The predicted molar refractivity (Wildman–Crippen MR) is 81.3 cm³/mol. The first-order valence-electron chi connectivity index (χ1n) is 8.29. The number of hydrogen-bond acceptors (Lipinski definition) is 2. The second kappa shape index (κ2) is 6.65. The Kier molecular flexibility index (Phi) is 4.92. The summed E-state index contributed by atoms with van der Waals surface area (Å²) in [5.41, 5.74) is 0. The molecule has 1 heterocycles. The molecule has 2 saturated carbocycles. The van der Waals surface area contributed by atoms with Gasteiger partial charge in [-0.3, -0.25) is 4.90 Å². The second-order valence-corrected chi connectivity index (χ2v) is 7.96. The quantitative estimate of drug-likeness (QED) is 0.733. The number of hydrogen-bond donors (Lipinski definition) is 0. The zero-order valence-corrected chi connectivity index (χ0v) is 12.6. The molecule has 1 saturated heterocycles. The molecule has 3 rings (SSSR count). The number of fused-ring (bicyclic) bond motifs is 1. The average molecular weight is 267 g/mol. The Morgan fingerprint density at radius 1 is 0.833 bits per heavy atom. The van der Waals surface area contributed by atoms with Crippen molar-refractivity contribution in [2.75, 3.05) is 18.8 Å². The minimum atomic E-state index is 0.938. The van der Waals surface area contributed by atoms with Crippen molar-refractivity contribution >= 4 is 11.8 Å². The van der Waals surface area contributed by atoms with Crippen molar-refractivity contribution in [3.63, 3.8) is 0 Å². The summed E-state index contributed by atoms with van der Waals surface area (Å²) < 4.78 is 0. The van der Waals surface area contributed by atoms with Crippen LogP contribution < -0.4 is 0 Å². The summed E-state index contributed by atoms with van der Waals surface area (Å²) in [6, 6.07) is 0.938. The summed E-state index contributed by atoms with van der Waals surface area (Å²) in [6.45, 7) is 2.83. The number of thioether (sulfide) groups is 1. The Morgan fingerprint density at radius 2 is 1.61 bits per heavy atom. The molecule has 18 heavy (non-hydrogen) atoms. The van der Waals surface area contributed by atoms with Crippen molar-refractivity contribution in [1.82, 2.24) is 4.90 Å². The van der Waals surface area contributed by atoms with E-state index in [4.69, 9.17) is 0 Å². The molecule has 3 fully saturated rings. The predicted octanol–water partition coefficient (Wildman–Crippen LogP) is 4.32. The molecule has 0 amide bonds. The number of nitrogens with zero attached hydrogens (tertiary/aromatic N) is 1. The van der Waals surface area contributed by atoms with Gasteiger partial charge in [0.15, 0.2) is 0 Å². The Labute approximate surface area is 117 Å². The van der Waals surface area contributed by atoms with Gasteiger partial charge in [0.25, 0.3) is 0 Å². The van der Waals surface area contributed by atoms with Crippen molar-refractivity contribution in [3.05, 3.63) is 0 Å². The highest BCUT2D eigenvalue weighted by molar-refractivity contribution is 7.99. The summed E-state index contributed by atoms with van der Waals surface area (Å²) in [6.07, 6.45) is 14.9. The van der Waals surface area contributed by atoms with Crippen LogP contribution in [0.4, 0.5) is 0 Å². The highest BCUT2D eigenvalue weighted by Gasteiger charge is 2.33. The first kappa shape index (κ1) is 13.3. The lowest BCUT2D eigenvalue weighted by Crippen LogP contribution is -2.45. The summed E-state index contributed by atoms with van der Waals surface area (Å²) in [7, 11) is 0. The third-order valence-corrected chi connectivity index (χ3v) is 6.78. The van der Waals surface area contributed by atoms with Gasteiger partial charge >= 0.3 is 0 Å². The van der Waals surface area contributed by atoms with E-state index in [0.29, 0.717) is 0 Å². The van der Waals surface area contributed by atoms with Gasteiger partial charge in [-0.25, -0.2) is 0 Å². The van der Waals surface area contributed by atoms with E-state index in [1.54, 1.807) is 0 Å². The monoisotopic (exact) mass is 267 g/mol. The molecule has 1 nitrogen and oxygen atoms in total. The van der Waals surface area contributed by atoms with Crippen molar-refractivity contribution in [2.45, 2.75) is 75.5 Å². The molecule has 2 unspecified atom stereocenters. The minimum Gasteiger partial charge on any atom is -0.299 e. The van der Waals surface area contributed by atoms with E-state index in [1.807, 2.05) is 0 Å². The van der Waals surface area contributed by atoms with Crippen LogP contribution in [0.3, 0.4) is 0 Å². The van der Waals surface area contributed by atoms with Crippen LogP contribution in [0.5, 0.6) is 0 Å². The summed E-state index contributed by atoms with van der Waals surface area (Å²) in [5.74, 6) is 2.45. The molecular weight excluding hydrogens is 238 g/mol. The zero-order chi connectivity index (χ0) is 12.2. The summed E-state index contributed by atoms with van der Waals surface area (Å²) in [5, 5.41) is 0.977. The lowest BCUT2D eigenvalue weighted by Gasteiger charge is -2.40. The van der Waals surface area contributed by atoms with Gasteiger partial charge in [0.1, 0.15) is 0 Å². The molecule has 0 spiro atoms. The molecule has 104 valence electrons. The Hall–Kier alpha value is 0.310. The minimum absolute atomic E-state index is 0.938. The van der Waals surface area contributed by atoms with Crippen LogP contribution in [-0.2, 0) is 0 Å². The number of rotatable bonds is 2. The average Bonchev–Trinajstić information content (AvgIpc) is 2.63. The van der Waals surface area contributed by atoms with Crippen LogP contribution >= 0.6 is 11.8 Å². The van der Waals surface area contributed by atoms with Gasteiger partial charge in [-0.2, -0.15) is 11.8 Å². The first-order chi connectivity index (χ1) is 8.93. The maximum atomic E-state index is 2.92. The summed E-state index contributed by atoms with van der Waals surface area (Å²) in [4.78, 5) is 2.92. The Bertz CT molecular complexity index is 249. The van der Waals surface area contributed by atoms with E-state index in [2.05, 4.69) is 16.7 Å². The van der Waals surface area contributed by atoms with Crippen LogP contribution in [0.15, 0.2) is 0 Å². The van der Waals surface area contributed by atoms with Crippen LogP contribution in [-0.4, -0.2) is 35.0 Å².